The molecule has 0 aromatic carbocycles. The Labute approximate surface area is 189 Å². The first-order chi connectivity index (χ1) is 15.0. The van der Waals surface area contributed by atoms with Gasteiger partial charge in [0.05, 0.1) is 11.9 Å². The highest BCUT2D eigenvalue weighted by Gasteiger charge is 2.47. The predicted octanol–water partition coefficient (Wildman–Crippen LogP) is 0.0510. The molecular formula is C20H26N5O5S2+. The molecular weight excluding hydrogens is 454 g/mol. The number of imide groups is 1. The Kier molecular flexibility index (Phi) is 5.80. The monoisotopic (exact) mass is 480 g/mol. The maximum atomic E-state index is 13.3. The molecule has 172 valence electrons. The van der Waals surface area contributed by atoms with Crippen molar-refractivity contribution in [3.05, 3.63) is 41.8 Å². The van der Waals surface area contributed by atoms with Gasteiger partial charge in [-0.2, -0.15) is 19.4 Å². The second-order valence-electron chi connectivity index (χ2n) is 8.62. The molecule has 1 N–H and O–H groups in total. The number of fused-ring (bicyclic) bond motifs is 1. The van der Waals surface area contributed by atoms with Crippen LogP contribution in [0.1, 0.15) is 25.3 Å². The largest absolute Gasteiger partial charge is 0.501 e. The van der Waals surface area contributed by atoms with E-state index in [1.165, 1.54) is 29.1 Å². The third-order valence-corrected chi connectivity index (χ3v) is 8.27. The minimum Gasteiger partial charge on any atom is -0.275 e. The molecule has 12 heteroatoms. The number of nitrogens with zero attached hydrogens (tertiary/aromatic N) is 4. The minimum absolute atomic E-state index is 0.000701. The topological polar surface area (TPSA) is 121 Å². The summed E-state index contributed by atoms with van der Waals surface area (Å²) in [6.45, 7) is 1.98. The third kappa shape index (κ3) is 4.52. The molecule has 1 saturated carbocycles. The van der Waals surface area contributed by atoms with E-state index < -0.39 is 43.6 Å². The Morgan fingerprint density at radius 2 is 2.06 bits per heavy atom. The van der Waals surface area contributed by atoms with Gasteiger partial charge < -0.3 is 0 Å². The van der Waals surface area contributed by atoms with Crippen LogP contribution in [-0.4, -0.2) is 78.9 Å². The lowest BCUT2D eigenvalue weighted by molar-refractivity contribution is -0.431. The molecule has 32 heavy (non-hydrogen) atoms. The van der Waals surface area contributed by atoms with E-state index in [2.05, 4.69) is 9.82 Å². The zero-order valence-corrected chi connectivity index (χ0v) is 19.8. The van der Waals surface area contributed by atoms with Crippen LogP contribution in [0.3, 0.4) is 0 Å². The molecule has 2 aliphatic carbocycles. The van der Waals surface area contributed by atoms with Crippen molar-refractivity contribution < 1.29 is 26.8 Å². The third-order valence-electron chi connectivity index (χ3n) is 5.73. The Hall–Kier alpha value is -2.44. The number of urea groups is 1. The molecule has 1 aliphatic heterocycles. The van der Waals surface area contributed by atoms with Crippen LogP contribution in [0.25, 0.3) is 0 Å². The lowest BCUT2D eigenvalue weighted by Gasteiger charge is -2.26. The molecule has 0 saturated heterocycles. The molecule has 3 aliphatic rings. The van der Waals surface area contributed by atoms with Gasteiger partial charge in [0, 0.05) is 41.4 Å². The predicted molar refractivity (Wildman–Crippen MR) is 119 cm³/mol. The van der Waals surface area contributed by atoms with Gasteiger partial charge in [0.1, 0.15) is 29.6 Å². The van der Waals surface area contributed by atoms with E-state index in [4.69, 9.17) is 0 Å². The molecule has 3 amide bonds. The molecule has 2 heterocycles. The number of hydrogen-bond donors (Lipinski definition) is 1. The van der Waals surface area contributed by atoms with Crippen LogP contribution in [-0.2, 0) is 39.2 Å². The van der Waals surface area contributed by atoms with Gasteiger partial charge >= 0.3 is 11.9 Å². The molecule has 1 aromatic rings. The van der Waals surface area contributed by atoms with E-state index in [1.54, 1.807) is 24.1 Å². The number of carbonyl (C=O) groups is 2. The van der Waals surface area contributed by atoms with Crippen LogP contribution in [0.2, 0.25) is 0 Å². The van der Waals surface area contributed by atoms with Crippen molar-refractivity contribution in [3.8, 4) is 0 Å². The summed E-state index contributed by atoms with van der Waals surface area (Å²) in [5, 5.41) is 3.04. The number of nitrogens with one attached hydrogen (secondary N) is 1. The Morgan fingerprint density at radius 1 is 1.34 bits per heavy atom. The zero-order chi connectivity index (χ0) is 23.3. The van der Waals surface area contributed by atoms with E-state index in [1.807, 2.05) is 6.92 Å². The molecule has 0 bridgehead atoms. The minimum atomic E-state index is -3.74. The van der Waals surface area contributed by atoms with Crippen molar-refractivity contribution in [1.82, 2.24) is 19.4 Å². The van der Waals surface area contributed by atoms with Crippen molar-refractivity contribution in [2.75, 3.05) is 18.6 Å². The highest BCUT2D eigenvalue weighted by Crippen LogP contribution is 2.36. The van der Waals surface area contributed by atoms with Crippen molar-refractivity contribution in [2.24, 2.45) is 7.05 Å². The number of aromatic nitrogens is 2. The first kappa shape index (κ1) is 22.7. The summed E-state index contributed by atoms with van der Waals surface area (Å²) >= 11 is 0. The van der Waals surface area contributed by atoms with Gasteiger partial charge in [0.25, 0.3) is 0 Å². The number of aryl methyl sites for hydroxylation is 1. The standard InChI is InChI=1S/C20H26N5O5S2/c1-20(6-7-20)22-32(29,30)15-4-5-17-16(10-15)18(26)25(13-14-11-21-23(2)12-14)19(27)24(17)8-9-31(3)28/h4-5,10-12,15,22H,6-9,13H2,1-3H3/q+1. The maximum absolute atomic E-state index is 13.3. The van der Waals surface area contributed by atoms with Gasteiger partial charge in [-0.3, -0.25) is 8.89 Å². The van der Waals surface area contributed by atoms with Gasteiger partial charge in [-0.25, -0.2) is 17.9 Å². The summed E-state index contributed by atoms with van der Waals surface area (Å²) in [5.41, 5.74) is 0.702. The molecule has 4 rings (SSSR count). The highest BCUT2D eigenvalue weighted by atomic mass is 32.2. The van der Waals surface area contributed by atoms with Gasteiger partial charge in [-0.1, -0.05) is 6.08 Å². The lowest BCUT2D eigenvalue weighted by Crippen LogP contribution is -2.52. The Balaban J connectivity index is 1.71. The quantitative estimate of drug-likeness (QED) is 0.525. The maximum Gasteiger partial charge on any atom is 0.501 e. The summed E-state index contributed by atoms with van der Waals surface area (Å²) in [7, 11) is -3.16. The van der Waals surface area contributed by atoms with E-state index in [9.17, 15) is 22.2 Å². The molecule has 1 fully saturated rings. The van der Waals surface area contributed by atoms with Gasteiger partial charge in [0.15, 0.2) is 0 Å². The number of amides is 3. The molecule has 1 aromatic heterocycles. The fourth-order valence-corrected chi connectivity index (χ4v) is 5.75. The highest BCUT2D eigenvalue weighted by molar-refractivity contribution is 7.90. The second kappa shape index (κ2) is 8.16. The first-order valence-corrected chi connectivity index (χ1v) is 13.5. The normalized spacial score (nSPS) is 23.3. The summed E-state index contributed by atoms with van der Waals surface area (Å²) in [4.78, 5) is 27.5. The average molecular weight is 481 g/mol. The first-order valence-electron chi connectivity index (χ1n) is 10.2. The SMILES string of the molecule is Cn1cc(CN2C(=O)C3=CC(S(=O)(=O)NC4(C)CC4)C=CC3=[N+](CCS(C)=O)C2=O)cn1. The Bertz CT molecular complexity index is 1210. The smallest absolute Gasteiger partial charge is 0.275 e. The van der Waals surface area contributed by atoms with Crippen molar-refractivity contribution in [2.45, 2.75) is 37.1 Å². The van der Waals surface area contributed by atoms with Crippen molar-refractivity contribution >= 4 is 38.5 Å². The number of rotatable bonds is 8. The second-order valence-corrected chi connectivity index (χ2v) is 12.0. The van der Waals surface area contributed by atoms with Crippen LogP contribution < -0.4 is 4.72 Å². The van der Waals surface area contributed by atoms with Crippen LogP contribution >= 0.6 is 0 Å². The molecule has 2 atom stereocenters. The van der Waals surface area contributed by atoms with Crippen LogP contribution in [0, 0.1) is 0 Å². The number of hydrogen-bond acceptors (Lipinski definition) is 6. The summed E-state index contributed by atoms with van der Waals surface area (Å²) in [6.07, 6.45) is 10.7. The van der Waals surface area contributed by atoms with Crippen LogP contribution in [0.5, 0.6) is 0 Å². The fraction of sp³-hybridized carbons (Fsp3) is 0.500. The van der Waals surface area contributed by atoms with Crippen molar-refractivity contribution in [1.29, 1.82) is 0 Å². The number of allylic oxidation sites excluding steroid dienone is 1. The van der Waals surface area contributed by atoms with Crippen LogP contribution in [0.15, 0.2) is 36.2 Å². The summed E-state index contributed by atoms with van der Waals surface area (Å²) < 4.78 is 43.1. The zero-order valence-electron chi connectivity index (χ0n) is 18.1. The van der Waals surface area contributed by atoms with E-state index in [0.29, 0.717) is 11.3 Å². The van der Waals surface area contributed by atoms with Crippen LogP contribution in [0.4, 0.5) is 4.79 Å². The molecule has 0 spiro atoms. The van der Waals surface area contributed by atoms with E-state index in [-0.39, 0.29) is 24.4 Å². The van der Waals surface area contributed by atoms with Gasteiger partial charge in [-0.05, 0) is 31.9 Å². The molecule has 10 nitrogen and oxygen atoms in total. The number of carbonyl (C=O) groups excluding carboxylic acids is 2. The summed E-state index contributed by atoms with van der Waals surface area (Å²) in [5.74, 6) is -0.336. The van der Waals surface area contributed by atoms with E-state index >= 15 is 0 Å². The van der Waals surface area contributed by atoms with Crippen molar-refractivity contribution in [3.63, 3.8) is 0 Å². The van der Waals surface area contributed by atoms with E-state index in [0.717, 1.165) is 17.7 Å². The molecule has 0 radical (unpaired) electrons. The van der Waals surface area contributed by atoms with Gasteiger partial charge in [-0.15, -0.1) is 0 Å². The fourth-order valence-electron chi connectivity index (χ4n) is 3.68. The lowest BCUT2D eigenvalue weighted by atomic mass is 9.99. The van der Waals surface area contributed by atoms with Gasteiger partial charge in [0.2, 0.25) is 10.0 Å². The Morgan fingerprint density at radius 3 is 2.66 bits per heavy atom. The number of sulfonamides is 1. The molecule has 2 unspecified atom stereocenters. The average Bonchev–Trinajstić information content (AvgIpc) is 3.28. The summed E-state index contributed by atoms with van der Waals surface area (Å²) in [6, 6.07) is -0.536.